The molecule has 4 nitrogen and oxygen atoms in total. The number of sulfone groups is 1. The van der Waals surface area contributed by atoms with Gasteiger partial charge >= 0.3 is 0 Å². The van der Waals surface area contributed by atoms with Gasteiger partial charge in [0.05, 0.1) is 11.8 Å². The molecule has 2 aromatic carbocycles. The number of carbonyl (C=O) groups is 1. The van der Waals surface area contributed by atoms with Gasteiger partial charge in [-0.3, -0.25) is 4.79 Å². The second-order valence-electron chi connectivity index (χ2n) is 5.75. The highest BCUT2D eigenvalue weighted by atomic mass is 79.9. The Hall–Kier alpha value is -1.92. The number of amides is 1. The van der Waals surface area contributed by atoms with Crippen molar-refractivity contribution in [2.75, 3.05) is 10.7 Å². The second kappa shape index (κ2) is 6.53. The molecular weight excluding hydrogens is 390 g/mol. The van der Waals surface area contributed by atoms with Crippen molar-refractivity contribution in [2.45, 2.75) is 13.0 Å². The average Bonchev–Trinajstić information content (AvgIpc) is 2.89. The van der Waals surface area contributed by atoms with E-state index in [9.17, 15) is 13.2 Å². The molecule has 124 valence electrons. The van der Waals surface area contributed by atoms with Gasteiger partial charge in [-0.2, -0.15) is 0 Å². The van der Waals surface area contributed by atoms with Crippen LogP contribution in [-0.4, -0.2) is 26.1 Å². The molecule has 0 aliphatic carbocycles. The zero-order chi connectivity index (χ0) is 17.3. The van der Waals surface area contributed by atoms with E-state index in [-0.39, 0.29) is 11.7 Å². The zero-order valence-corrected chi connectivity index (χ0v) is 15.4. The molecule has 0 radical (unpaired) electrons. The third-order valence-electron chi connectivity index (χ3n) is 3.83. The fourth-order valence-electron chi connectivity index (χ4n) is 2.70. The fraction of sp³-hybridized carbons (Fsp3) is 0.167. The Morgan fingerprint density at radius 2 is 1.88 bits per heavy atom. The number of rotatable bonds is 3. The van der Waals surface area contributed by atoms with Crippen molar-refractivity contribution in [2.24, 2.45) is 0 Å². The minimum atomic E-state index is -3.26. The molecule has 6 heteroatoms. The fourth-order valence-corrected chi connectivity index (χ4v) is 4.23. The van der Waals surface area contributed by atoms with Gasteiger partial charge in [0.1, 0.15) is 0 Å². The van der Waals surface area contributed by atoms with E-state index in [2.05, 4.69) is 15.9 Å². The number of anilines is 1. The predicted molar refractivity (Wildman–Crippen MR) is 98.8 cm³/mol. The van der Waals surface area contributed by atoms with E-state index in [0.717, 1.165) is 10.0 Å². The maximum Gasteiger partial charge on any atom is 0.258 e. The quantitative estimate of drug-likeness (QED) is 0.781. The lowest BCUT2D eigenvalue weighted by Gasteiger charge is -2.28. The smallest absolute Gasteiger partial charge is 0.258 e. The summed E-state index contributed by atoms with van der Waals surface area (Å²) in [7, 11) is -3.26. The van der Waals surface area contributed by atoms with Crippen molar-refractivity contribution >= 4 is 37.4 Å². The zero-order valence-electron chi connectivity index (χ0n) is 13.0. The van der Waals surface area contributed by atoms with Crippen LogP contribution in [0.1, 0.15) is 15.9 Å². The lowest BCUT2D eigenvalue weighted by Crippen LogP contribution is -2.41. The number of aryl methyl sites for hydroxylation is 1. The minimum Gasteiger partial charge on any atom is -0.300 e. The highest BCUT2D eigenvalue weighted by Gasteiger charge is 2.32. The van der Waals surface area contributed by atoms with Crippen LogP contribution < -0.4 is 4.90 Å². The normalized spacial score (nSPS) is 18.5. The first kappa shape index (κ1) is 16.9. The van der Waals surface area contributed by atoms with Crippen LogP contribution in [0.25, 0.3) is 0 Å². The van der Waals surface area contributed by atoms with Gasteiger partial charge in [-0.05, 0) is 49.4 Å². The summed E-state index contributed by atoms with van der Waals surface area (Å²) in [6.45, 7) is 1.92. The van der Waals surface area contributed by atoms with Crippen molar-refractivity contribution in [1.82, 2.24) is 0 Å². The van der Waals surface area contributed by atoms with Crippen molar-refractivity contribution < 1.29 is 13.2 Å². The molecule has 0 bridgehead atoms. The molecule has 1 aliphatic heterocycles. The van der Waals surface area contributed by atoms with Gasteiger partial charge < -0.3 is 4.90 Å². The van der Waals surface area contributed by atoms with Crippen LogP contribution in [0.4, 0.5) is 5.69 Å². The number of hydrogen-bond acceptors (Lipinski definition) is 3. The van der Waals surface area contributed by atoms with E-state index in [1.165, 1.54) is 5.41 Å². The summed E-state index contributed by atoms with van der Waals surface area (Å²) in [6.07, 6.45) is 1.57. The monoisotopic (exact) mass is 405 g/mol. The summed E-state index contributed by atoms with van der Waals surface area (Å²) in [5.41, 5.74) is 2.18. The Labute approximate surface area is 149 Å². The molecule has 1 heterocycles. The molecule has 0 N–H and O–H groups in total. The standard InChI is InChI=1S/C18H16BrNO3S/c1-13-3-2-4-14(11-13)18(21)20(16-7-5-15(19)6-8-16)17-9-10-24(22,23)12-17/h2-11,17H,12H2,1H3/t17-/m0/s1. The first-order valence-corrected chi connectivity index (χ1v) is 9.93. The van der Waals surface area contributed by atoms with Crippen LogP contribution in [0.5, 0.6) is 0 Å². The second-order valence-corrected chi connectivity index (χ2v) is 8.59. The SMILES string of the molecule is Cc1cccc(C(=O)N(c2ccc(Br)cc2)[C@H]2C=CS(=O)(=O)C2)c1. The molecule has 3 rings (SSSR count). The number of halogens is 1. The molecule has 1 aliphatic rings. The van der Waals surface area contributed by atoms with Crippen LogP contribution >= 0.6 is 15.9 Å². The highest BCUT2D eigenvalue weighted by molar-refractivity contribution is 9.10. The third kappa shape index (κ3) is 3.60. The van der Waals surface area contributed by atoms with Gasteiger partial charge in [0, 0.05) is 21.1 Å². The molecule has 2 aromatic rings. The number of carbonyl (C=O) groups excluding carboxylic acids is 1. The summed E-state index contributed by atoms with van der Waals surface area (Å²) < 4.78 is 24.5. The van der Waals surface area contributed by atoms with Gasteiger partial charge in [-0.1, -0.05) is 33.6 Å². The van der Waals surface area contributed by atoms with E-state index in [4.69, 9.17) is 0 Å². The van der Waals surface area contributed by atoms with E-state index in [1.807, 2.05) is 31.2 Å². The van der Waals surface area contributed by atoms with Gasteiger partial charge in [0.25, 0.3) is 5.91 Å². The maximum absolute atomic E-state index is 13.1. The molecule has 0 unspecified atom stereocenters. The summed E-state index contributed by atoms with van der Waals surface area (Å²) in [4.78, 5) is 14.6. The average molecular weight is 406 g/mol. The Kier molecular flexibility index (Phi) is 4.60. The Bertz CT molecular complexity index is 904. The first-order valence-electron chi connectivity index (χ1n) is 7.42. The molecule has 0 saturated carbocycles. The van der Waals surface area contributed by atoms with Crippen LogP contribution in [0, 0.1) is 6.92 Å². The maximum atomic E-state index is 13.1. The molecule has 0 spiro atoms. The van der Waals surface area contributed by atoms with Crippen molar-refractivity contribution in [3.8, 4) is 0 Å². The summed E-state index contributed by atoms with van der Waals surface area (Å²) in [5.74, 6) is -0.312. The van der Waals surface area contributed by atoms with E-state index in [1.54, 1.807) is 35.2 Å². The molecule has 24 heavy (non-hydrogen) atoms. The number of benzene rings is 2. The first-order chi connectivity index (χ1) is 11.4. The molecular formula is C18H16BrNO3S. The molecule has 0 saturated heterocycles. The predicted octanol–water partition coefficient (Wildman–Crippen LogP) is 3.72. The van der Waals surface area contributed by atoms with Crippen LogP contribution in [-0.2, 0) is 9.84 Å². The van der Waals surface area contributed by atoms with Crippen molar-refractivity contribution in [3.05, 3.63) is 75.6 Å². The van der Waals surface area contributed by atoms with Crippen LogP contribution in [0.2, 0.25) is 0 Å². The Morgan fingerprint density at radius 1 is 1.17 bits per heavy atom. The summed E-state index contributed by atoms with van der Waals surface area (Å²) >= 11 is 3.37. The lowest BCUT2D eigenvalue weighted by molar-refractivity contribution is 0.0983. The van der Waals surface area contributed by atoms with Crippen LogP contribution in [0.15, 0.2) is 64.5 Å². The minimum absolute atomic E-state index is 0.0966. The third-order valence-corrected chi connectivity index (χ3v) is 5.74. The van der Waals surface area contributed by atoms with Crippen molar-refractivity contribution in [3.63, 3.8) is 0 Å². The summed E-state index contributed by atoms with van der Waals surface area (Å²) in [6, 6.07) is 14.1. The van der Waals surface area contributed by atoms with Gasteiger partial charge in [0.2, 0.25) is 0 Å². The molecule has 1 amide bonds. The van der Waals surface area contributed by atoms with Gasteiger partial charge in [-0.25, -0.2) is 8.42 Å². The largest absolute Gasteiger partial charge is 0.300 e. The van der Waals surface area contributed by atoms with Gasteiger partial charge in [-0.15, -0.1) is 0 Å². The van der Waals surface area contributed by atoms with Crippen LogP contribution in [0.3, 0.4) is 0 Å². The van der Waals surface area contributed by atoms with Crippen molar-refractivity contribution in [1.29, 1.82) is 0 Å². The lowest BCUT2D eigenvalue weighted by atomic mass is 10.1. The molecule has 0 aromatic heterocycles. The van der Waals surface area contributed by atoms with E-state index in [0.29, 0.717) is 11.3 Å². The molecule has 1 atom stereocenters. The summed E-state index contributed by atoms with van der Waals surface area (Å²) in [5, 5.41) is 1.19. The number of hydrogen-bond donors (Lipinski definition) is 0. The Balaban J connectivity index is 2.03. The Morgan fingerprint density at radius 3 is 2.46 bits per heavy atom. The topological polar surface area (TPSA) is 54.5 Å². The van der Waals surface area contributed by atoms with E-state index >= 15 is 0 Å². The highest BCUT2D eigenvalue weighted by Crippen LogP contribution is 2.26. The number of nitrogens with zero attached hydrogens (tertiary/aromatic N) is 1. The molecule has 0 fully saturated rings. The van der Waals surface area contributed by atoms with Gasteiger partial charge in [0.15, 0.2) is 9.84 Å². The van der Waals surface area contributed by atoms with E-state index < -0.39 is 15.9 Å².